The van der Waals surface area contributed by atoms with Crippen molar-refractivity contribution in [1.82, 2.24) is 0 Å². The zero-order chi connectivity index (χ0) is 23.3. The van der Waals surface area contributed by atoms with Crippen molar-refractivity contribution in [2.75, 3.05) is 6.16 Å². The largest absolute Gasteiger partial charge is 0.343 e. The minimum Gasteiger partial charge on any atom is -0.343 e. The van der Waals surface area contributed by atoms with Gasteiger partial charge in [-0.3, -0.25) is 0 Å². The molecule has 7 atom stereocenters. The molecule has 5 aliphatic rings. The smallest absolute Gasteiger partial charge is 0.172 e. The third-order valence-corrected chi connectivity index (χ3v) is 14.6. The number of ether oxygens (including phenoxy) is 3. The van der Waals surface area contributed by atoms with Crippen LogP contribution in [0.15, 0.2) is 0 Å². The van der Waals surface area contributed by atoms with Gasteiger partial charge >= 0.3 is 0 Å². The van der Waals surface area contributed by atoms with Crippen molar-refractivity contribution < 1.29 is 14.2 Å². The fourth-order valence-electron chi connectivity index (χ4n) is 8.51. The Labute approximate surface area is 195 Å². The monoisotopic (exact) mass is 470 g/mol. The van der Waals surface area contributed by atoms with E-state index in [0.717, 1.165) is 18.8 Å². The lowest BCUT2D eigenvalue weighted by Gasteiger charge is -2.76. The maximum Gasteiger partial charge on any atom is 0.172 e. The molecule has 4 saturated heterocycles. The highest BCUT2D eigenvalue weighted by Crippen LogP contribution is 2.71. The zero-order valence-corrected chi connectivity index (χ0v) is 23.9. The first-order valence-corrected chi connectivity index (χ1v) is 14.6. The number of rotatable bonds is 3. The molecule has 4 bridgehead atoms. The first-order chi connectivity index (χ1) is 13.9. The Balaban J connectivity index is 1.73. The SMILES string of the molecule is CC12CC3(C)OC(C)(CC(C)(O1)C3(P)[C@@H]1CCCC[C@@H]1CP(C(C)(C)C)C(C)(C)C)O2. The highest BCUT2D eigenvalue weighted by atomic mass is 31.1. The molecule has 4 heterocycles. The molecular formula is C26H48O3P2. The maximum absolute atomic E-state index is 6.87. The number of hydrogen-bond acceptors (Lipinski definition) is 3. The van der Waals surface area contributed by atoms with E-state index in [1.807, 2.05) is 0 Å². The summed E-state index contributed by atoms with van der Waals surface area (Å²) in [5.74, 6) is 0.254. The quantitative estimate of drug-likeness (QED) is 0.405. The molecule has 5 fully saturated rings. The third kappa shape index (κ3) is 3.80. The van der Waals surface area contributed by atoms with Gasteiger partial charge in [0, 0.05) is 18.0 Å². The lowest BCUT2D eigenvalue weighted by Crippen LogP contribution is -2.85. The molecule has 0 N–H and O–H groups in total. The zero-order valence-electron chi connectivity index (χ0n) is 21.9. The minimum absolute atomic E-state index is 0.0926. The van der Waals surface area contributed by atoms with Gasteiger partial charge in [-0.2, -0.15) is 0 Å². The average molecular weight is 471 g/mol. The van der Waals surface area contributed by atoms with Crippen LogP contribution in [0.5, 0.6) is 0 Å². The highest BCUT2D eigenvalue weighted by molar-refractivity contribution is 7.60. The Bertz CT molecular complexity index is 663. The molecule has 5 heteroatoms. The lowest BCUT2D eigenvalue weighted by molar-refractivity contribution is -0.525. The molecule has 4 aliphatic heterocycles. The van der Waals surface area contributed by atoms with Gasteiger partial charge in [-0.05, 0) is 68.8 Å². The topological polar surface area (TPSA) is 27.7 Å². The fraction of sp³-hybridized carbons (Fsp3) is 1.00. The Morgan fingerprint density at radius 1 is 0.774 bits per heavy atom. The summed E-state index contributed by atoms with van der Waals surface area (Å²) in [7, 11) is 3.26. The Morgan fingerprint density at radius 3 is 1.68 bits per heavy atom. The van der Waals surface area contributed by atoms with Gasteiger partial charge in [0.2, 0.25) is 0 Å². The van der Waals surface area contributed by atoms with E-state index in [9.17, 15) is 0 Å². The molecule has 5 rings (SSSR count). The van der Waals surface area contributed by atoms with Crippen molar-refractivity contribution in [2.45, 2.75) is 146 Å². The van der Waals surface area contributed by atoms with E-state index in [-0.39, 0.29) is 24.3 Å². The molecule has 0 aromatic heterocycles. The van der Waals surface area contributed by atoms with E-state index in [1.165, 1.54) is 31.8 Å². The van der Waals surface area contributed by atoms with Crippen molar-refractivity contribution in [3.05, 3.63) is 0 Å². The van der Waals surface area contributed by atoms with Crippen LogP contribution in [0, 0.1) is 11.8 Å². The van der Waals surface area contributed by atoms with E-state index in [1.54, 1.807) is 0 Å². The third-order valence-electron chi connectivity index (χ3n) is 8.91. The highest BCUT2D eigenvalue weighted by Gasteiger charge is 2.78. The minimum atomic E-state index is -0.539. The summed E-state index contributed by atoms with van der Waals surface area (Å²) in [6.45, 7) is 23.8. The van der Waals surface area contributed by atoms with E-state index < -0.39 is 11.6 Å². The summed E-state index contributed by atoms with van der Waals surface area (Å²) in [6.07, 6.45) is 8.32. The van der Waals surface area contributed by atoms with Gasteiger partial charge < -0.3 is 14.2 Å². The van der Waals surface area contributed by atoms with Crippen LogP contribution >= 0.6 is 17.2 Å². The van der Waals surface area contributed by atoms with Gasteiger partial charge in [0.15, 0.2) is 11.6 Å². The average Bonchev–Trinajstić information content (AvgIpc) is 2.52. The molecule has 1 aliphatic carbocycles. The summed E-state index contributed by atoms with van der Waals surface area (Å²) in [5, 5.41) is 0.636. The first kappa shape index (κ1) is 24.9. The summed E-state index contributed by atoms with van der Waals surface area (Å²) < 4.78 is 20.1. The second-order valence-electron chi connectivity index (χ2n) is 13.9. The predicted molar refractivity (Wildman–Crippen MR) is 135 cm³/mol. The van der Waals surface area contributed by atoms with E-state index in [0.29, 0.717) is 16.2 Å². The standard InChI is InChI=1S/C26H48O3P2/c1-20(2,3)31(21(4,5)6)15-18-13-11-12-14-19(18)26(30)22(7)16-24(9)28-23(26,8)17-25(10,27-22)29-24/h18-19H,11-17,30H2,1-10H3/t18-,19-,22?,23?,24?,25?,26?/m1/s1. The van der Waals surface area contributed by atoms with Crippen LogP contribution in [0.2, 0.25) is 0 Å². The van der Waals surface area contributed by atoms with Crippen LogP contribution < -0.4 is 0 Å². The summed E-state index contributed by atoms with van der Waals surface area (Å²) in [4.78, 5) is 0. The van der Waals surface area contributed by atoms with Crippen LogP contribution in [0.4, 0.5) is 0 Å². The summed E-state index contributed by atoms with van der Waals surface area (Å²) in [5.41, 5.74) is -0.506. The normalized spacial score (nSPS) is 50.3. The lowest BCUT2D eigenvalue weighted by atomic mass is 9.55. The van der Waals surface area contributed by atoms with Crippen LogP contribution in [-0.4, -0.2) is 44.4 Å². The molecule has 5 unspecified atom stereocenters. The van der Waals surface area contributed by atoms with Crippen molar-refractivity contribution >= 4 is 17.2 Å². The van der Waals surface area contributed by atoms with Gasteiger partial charge in [-0.15, -0.1) is 9.24 Å². The molecule has 31 heavy (non-hydrogen) atoms. The van der Waals surface area contributed by atoms with Crippen LogP contribution in [-0.2, 0) is 14.2 Å². The Morgan fingerprint density at radius 2 is 1.23 bits per heavy atom. The van der Waals surface area contributed by atoms with E-state index in [4.69, 9.17) is 14.2 Å². The van der Waals surface area contributed by atoms with Crippen molar-refractivity contribution in [2.24, 2.45) is 11.8 Å². The van der Waals surface area contributed by atoms with Crippen LogP contribution in [0.1, 0.15) is 108 Å². The molecule has 0 aromatic carbocycles. The second-order valence-corrected chi connectivity index (χ2v) is 18.7. The molecule has 3 nitrogen and oxygen atoms in total. The van der Waals surface area contributed by atoms with Crippen molar-refractivity contribution in [3.8, 4) is 0 Å². The van der Waals surface area contributed by atoms with Gasteiger partial charge in [-0.1, -0.05) is 62.3 Å². The van der Waals surface area contributed by atoms with Crippen molar-refractivity contribution in [1.29, 1.82) is 0 Å². The Kier molecular flexibility index (Phi) is 5.72. The molecule has 180 valence electrons. The predicted octanol–water partition coefficient (Wildman–Crippen LogP) is 7.31. The van der Waals surface area contributed by atoms with Gasteiger partial charge in [0.05, 0.1) is 11.2 Å². The molecule has 0 radical (unpaired) electrons. The van der Waals surface area contributed by atoms with Gasteiger partial charge in [0.1, 0.15) is 0 Å². The van der Waals surface area contributed by atoms with Gasteiger partial charge in [-0.25, -0.2) is 0 Å². The van der Waals surface area contributed by atoms with E-state index in [2.05, 4.69) is 78.5 Å². The molecular weight excluding hydrogens is 422 g/mol. The maximum atomic E-state index is 6.87. The second kappa shape index (κ2) is 7.13. The van der Waals surface area contributed by atoms with E-state index >= 15 is 0 Å². The van der Waals surface area contributed by atoms with Crippen LogP contribution in [0.25, 0.3) is 0 Å². The summed E-state index contributed by atoms with van der Waals surface area (Å²) in [6, 6.07) is 0. The molecule has 0 aromatic rings. The molecule has 0 spiro atoms. The first-order valence-electron chi connectivity index (χ1n) is 12.5. The Hall–Kier alpha value is 0.740. The molecule has 1 saturated carbocycles. The fourth-order valence-corrected chi connectivity index (χ4v) is 13.3. The van der Waals surface area contributed by atoms with Gasteiger partial charge in [0.25, 0.3) is 0 Å². The van der Waals surface area contributed by atoms with Crippen LogP contribution in [0.3, 0.4) is 0 Å². The molecule has 0 amide bonds. The summed E-state index contributed by atoms with van der Waals surface area (Å²) >= 11 is 0. The van der Waals surface area contributed by atoms with Crippen molar-refractivity contribution in [3.63, 3.8) is 0 Å². The number of hydrogen-bond donors (Lipinski definition) is 0.